The van der Waals surface area contributed by atoms with Gasteiger partial charge in [0.2, 0.25) is 0 Å². The zero-order valence-corrected chi connectivity index (χ0v) is 13.4. The molecule has 1 fully saturated rings. The number of pyridine rings is 1. The molecule has 0 amide bonds. The molecule has 112 valence electrons. The highest BCUT2D eigenvalue weighted by Crippen LogP contribution is 2.26. The van der Waals surface area contributed by atoms with Crippen LogP contribution in [0.1, 0.15) is 58.6 Å². The first-order valence-electron chi connectivity index (χ1n) is 8.07. The summed E-state index contributed by atoms with van der Waals surface area (Å²) in [5.74, 6) is 1.91. The molecule has 1 aromatic heterocycles. The van der Waals surface area contributed by atoms with Gasteiger partial charge >= 0.3 is 0 Å². The van der Waals surface area contributed by atoms with E-state index in [9.17, 15) is 0 Å². The van der Waals surface area contributed by atoms with E-state index in [2.05, 4.69) is 50.0 Å². The zero-order chi connectivity index (χ0) is 14.5. The number of piperidine rings is 1. The van der Waals surface area contributed by atoms with Gasteiger partial charge in [-0.25, -0.2) is 4.98 Å². The lowest BCUT2D eigenvalue weighted by Gasteiger charge is -2.37. The highest BCUT2D eigenvalue weighted by atomic mass is 15.2. The van der Waals surface area contributed by atoms with Gasteiger partial charge in [0.1, 0.15) is 5.82 Å². The van der Waals surface area contributed by atoms with E-state index < -0.39 is 0 Å². The molecule has 1 aliphatic rings. The average molecular weight is 275 g/mol. The van der Waals surface area contributed by atoms with Crippen molar-refractivity contribution in [2.45, 2.75) is 59.0 Å². The summed E-state index contributed by atoms with van der Waals surface area (Å²) in [5, 5.41) is 3.51. The number of aromatic nitrogens is 1. The number of nitrogens with zero attached hydrogens (tertiary/aromatic N) is 2. The maximum Gasteiger partial charge on any atom is 0.128 e. The maximum absolute atomic E-state index is 4.70. The lowest BCUT2D eigenvalue weighted by molar-refractivity contribution is 0.388. The second-order valence-corrected chi connectivity index (χ2v) is 6.31. The van der Waals surface area contributed by atoms with Crippen LogP contribution in [0.3, 0.4) is 0 Å². The van der Waals surface area contributed by atoms with Gasteiger partial charge in [0.15, 0.2) is 0 Å². The SMILES string of the molecule is CCCNC(C)c1ccc(N2CC(C)CCC2C)nc1. The van der Waals surface area contributed by atoms with Crippen LogP contribution in [0.25, 0.3) is 0 Å². The van der Waals surface area contributed by atoms with Gasteiger partial charge in [-0.3, -0.25) is 0 Å². The van der Waals surface area contributed by atoms with E-state index in [0.29, 0.717) is 12.1 Å². The molecule has 0 spiro atoms. The summed E-state index contributed by atoms with van der Waals surface area (Å²) in [5.41, 5.74) is 1.28. The number of anilines is 1. The van der Waals surface area contributed by atoms with E-state index in [0.717, 1.165) is 24.8 Å². The van der Waals surface area contributed by atoms with Crippen molar-refractivity contribution in [3.63, 3.8) is 0 Å². The van der Waals surface area contributed by atoms with E-state index in [-0.39, 0.29) is 0 Å². The van der Waals surface area contributed by atoms with Crippen molar-refractivity contribution in [3.8, 4) is 0 Å². The van der Waals surface area contributed by atoms with E-state index in [1.54, 1.807) is 0 Å². The molecule has 0 saturated carbocycles. The Kier molecular flexibility index (Phi) is 5.41. The summed E-state index contributed by atoms with van der Waals surface area (Å²) >= 11 is 0. The molecule has 0 radical (unpaired) electrons. The Morgan fingerprint density at radius 2 is 2.15 bits per heavy atom. The summed E-state index contributed by atoms with van der Waals surface area (Å²) in [4.78, 5) is 7.16. The monoisotopic (exact) mass is 275 g/mol. The van der Waals surface area contributed by atoms with Crippen LogP contribution in [0.4, 0.5) is 5.82 Å². The Bertz CT molecular complexity index is 401. The van der Waals surface area contributed by atoms with Crippen LogP contribution in [0.5, 0.6) is 0 Å². The third-order valence-corrected chi connectivity index (χ3v) is 4.38. The summed E-state index contributed by atoms with van der Waals surface area (Å²) in [7, 11) is 0. The van der Waals surface area contributed by atoms with Crippen molar-refractivity contribution in [1.29, 1.82) is 0 Å². The molecule has 2 heterocycles. The van der Waals surface area contributed by atoms with Gasteiger partial charge in [-0.2, -0.15) is 0 Å². The van der Waals surface area contributed by atoms with Crippen LogP contribution in [-0.2, 0) is 0 Å². The topological polar surface area (TPSA) is 28.2 Å². The lowest BCUT2D eigenvalue weighted by atomic mass is 9.95. The van der Waals surface area contributed by atoms with Crippen LogP contribution in [0, 0.1) is 5.92 Å². The lowest BCUT2D eigenvalue weighted by Crippen LogP contribution is -2.41. The molecule has 3 nitrogen and oxygen atoms in total. The fraction of sp³-hybridized carbons (Fsp3) is 0.706. The number of rotatable bonds is 5. The van der Waals surface area contributed by atoms with Crippen molar-refractivity contribution >= 4 is 5.82 Å². The molecule has 20 heavy (non-hydrogen) atoms. The van der Waals surface area contributed by atoms with E-state index >= 15 is 0 Å². The molecule has 3 heteroatoms. The summed E-state index contributed by atoms with van der Waals surface area (Å²) in [6.45, 7) is 11.2. The average Bonchev–Trinajstić information content (AvgIpc) is 2.47. The van der Waals surface area contributed by atoms with Gasteiger partial charge in [0.25, 0.3) is 0 Å². The van der Waals surface area contributed by atoms with E-state index in [1.165, 1.54) is 24.8 Å². The maximum atomic E-state index is 4.70. The van der Waals surface area contributed by atoms with Gasteiger partial charge in [-0.1, -0.05) is 19.9 Å². The normalized spacial score (nSPS) is 24.7. The van der Waals surface area contributed by atoms with Crippen molar-refractivity contribution in [2.24, 2.45) is 5.92 Å². The highest BCUT2D eigenvalue weighted by molar-refractivity contribution is 5.41. The molecule has 0 aromatic carbocycles. The Hall–Kier alpha value is -1.09. The number of nitrogens with one attached hydrogen (secondary N) is 1. The Balaban J connectivity index is 2.03. The minimum absolute atomic E-state index is 0.384. The van der Waals surface area contributed by atoms with Crippen LogP contribution < -0.4 is 10.2 Å². The second-order valence-electron chi connectivity index (χ2n) is 6.31. The zero-order valence-electron chi connectivity index (χ0n) is 13.4. The standard InChI is InChI=1S/C17H29N3/c1-5-10-18-15(4)16-8-9-17(19-11-16)20-12-13(2)6-7-14(20)3/h8-9,11,13-15,18H,5-7,10,12H2,1-4H3. The molecular formula is C17H29N3. The molecule has 1 aliphatic heterocycles. The third kappa shape index (κ3) is 3.72. The van der Waals surface area contributed by atoms with Gasteiger partial charge < -0.3 is 10.2 Å². The Labute approximate surface area is 123 Å². The predicted octanol–water partition coefficient (Wildman–Crippen LogP) is 3.77. The van der Waals surface area contributed by atoms with E-state index in [4.69, 9.17) is 4.98 Å². The predicted molar refractivity (Wildman–Crippen MR) is 86.2 cm³/mol. The first-order valence-corrected chi connectivity index (χ1v) is 8.07. The summed E-state index contributed by atoms with van der Waals surface area (Å²) < 4.78 is 0. The summed E-state index contributed by atoms with van der Waals surface area (Å²) in [6.07, 6.45) is 5.82. The van der Waals surface area contributed by atoms with Crippen molar-refractivity contribution < 1.29 is 0 Å². The van der Waals surface area contributed by atoms with Gasteiger partial charge in [0, 0.05) is 24.8 Å². The van der Waals surface area contributed by atoms with Crippen LogP contribution in [0.2, 0.25) is 0 Å². The van der Waals surface area contributed by atoms with E-state index in [1.807, 2.05) is 6.20 Å². The first kappa shape index (κ1) is 15.3. The van der Waals surface area contributed by atoms with Gasteiger partial charge in [0.05, 0.1) is 0 Å². The molecule has 0 aliphatic carbocycles. The largest absolute Gasteiger partial charge is 0.354 e. The molecule has 1 aromatic rings. The van der Waals surface area contributed by atoms with Crippen LogP contribution in [0.15, 0.2) is 18.3 Å². The smallest absolute Gasteiger partial charge is 0.128 e. The van der Waals surface area contributed by atoms with Gasteiger partial charge in [-0.05, 0) is 57.2 Å². The third-order valence-electron chi connectivity index (χ3n) is 4.38. The minimum atomic E-state index is 0.384. The van der Waals surface area contributed by atoms with Crippen molar-refractivity contribution in [3.05, 3.63) is 23.9 Å². The summed E-state index contributed by atoms with van der Waals surface area (Å²) in [6, 6.07) is 5.41. The first-order chi connectivity index (χ1) is 9.61. The number of hydrogen-bond acceptors (Lipinski definition) is 3. The van der Waals surface area contributed by atoms with Crippen LogP contribution in [-0.4, -0.2) is 24.1 Å². The van der Waals surface area contributed by atoms with Crippen LogP contribution >= 0.6 is 0 Å². The molecule has 3 atom stereocenters. The Morgan fingerprint density at radius 3 is 2.80 bits per heavy atom. The Morgan fingerprint density at radius 1 is 1.35 bits per heavy atom. The molecule has 3 unspecified atom stereocenters. The fourth-order valence-electron chi connectivity index (χ4n) is 2.91. The second kappa shape index (κ2) is 7.07. The van der Waals surface area contributed by atoms with Crippen molar-refractivity contribution in [2.75, 3.05) is 18.0 Å². The molecule has 0 bridgehead atoms. The molecule has 1 N–H and O–H groups in total. The molecule has 1 saturated heterocycles. The number of hydrogen-bond donors (Lipinski definition) is 1. The quantitative estimate of drug-likeness (QED) is 0.886. The minimum Gasteiger partial charge on any atom is -0.354 e. The van der Waals surface area contributed by atoms with Gasteiger partial charge in [-0.15, -0.1) is 0 Å². The molecular weight excluding hydrogens is 246 g/mol. The molecule has 2 rings (SSSR count). The fourth-order valence-corrected chi connectivity index (χ4v) is 2.91. The van der Waals surface area contributed by atoms with Crippen molar-refractivity contribution in [1.82, 2.24) is 10.3 Å². The highest BCUT2D eigenvalue weighted by Gasteiger charge is 2.23.